The first-order valence-electron chi connectivity index (χ1n) is 7.77. The largest absolute Gasteiger partial charge is 0.463 e. The third kappa shape index (κ3) is 9.14. The van der Waals surface area contributed by atoms with E-state index < -0.39 is 23.9 Å². The van der Waals surface area contributed by atoms with E-state index in [2.05, 4.69) is 5.32 Å². The highest BCUT2D eigenvalue weighted by Gasteiger charge is 2.20. The lowest BCUT2D eigenvalue weighted by atomic mass is 10.3. The second-order valence-electron chi connectivity index (χ2n) is 4.19. The Kier molecular flexibility index (Phi) is 11.1. The molecule has 140 valence electrons. The van der Waals surface area contributed by atoms with Crippen LogP contribution in [0.4, 0.5) is 0 Å². The van der Waals surface area contributed by atoms with Crippen molar-refractivity contribution in [2.75, 3.05) is 26.4 Å². The molecule has 0 bridgehead atoms. The van der Waals surface area contributed by atoms with E-state index in [4.69, 9.17) is 18.9 Å². The van der Waals surface area contributed by atoms with Gasteiger partial charge in [-0.1, -0.05) is 0 Å². The van der Waals surface area contributed by atoms with E-state index in [1.807, 2.05) is 0 Å². The van der Waals surface area contributed by atoms with Crippen molar-refractivity contribution in [2.45, 2.75) is 27.7 Å². The molecule has 1 N–H and O–H groups in total. The molecule has 9 nitrogen and oxygen atoms in total. The molecule has 9 heteroatoms. The van der Waals surface area contributed by atoms with Gasteiger partial charge in [-0.2, -0.15) is 0 Å². The Morgan fingerprint density at radius 2 is 0.960 bits per heavy atom. The van der Waals surface area contributed by atoms with Gasteiger partial charge in [0, 0.05) is 0 Å². The van der Waals surface area contributed by atoms with E-state index in [1.165, 1.54) is 0 Å². The van der Waals surface area contributed by atoms with Crippen LogP contribution in [0, 0.1) is 0 Å². The van der Waals surface area contributed by atoms with E-state index in [-0.39, 0.29) is 37.8 Å². The quantitative estimate of drug-likeness (QED) is 0.340. The van der Waals surface area contributed by atoms with Crippen LogP contribution in [-0.4, -0.2) is 50.3 Å². The number of hydrogen-bond donors (Lipinski definition) is 1. The summed E-state index contributed by atoms with van der Waals surface area (Å²) < 4.78 is 19.0. The Labute approximate surface area is 145 Å². The minimum Gasteiger partial charge on any atom is -0.463 e. The molecule has 0 amide bonds. The Hall–Kier alpha value is -2.84. The maximum Gasteiger partial charge on any atom is 0.355 e. The molecular formula is C16H23NO8. The summed E-state index contributed by atoms with van der Waals surface area (Å²) in [6.45, 7) is 6.58. The molecule has 0 aliphatic rings. The topological polar surface area (TPSA) is 117 Å². The molecule has 0 aromatic rings. The fourth-order valence-electron chi connectivity index (χ4n) is 1.46. The smallest absolute Gasteiger partial charge is 0.355 e. The molecule has 0 fully saturated rings. The van der Waals surface area contributed by atoms with Gasteiger partial charge in [-0.05, 0) is 27.7 Å². The Morgan fingerprint density at radius 3 is 1.24 bits per heavy atom. The Morgan fingerprint density at radius 1 is 0.640 bits per heavy atom. The van der Waals surface area contributed by atoms with Crippen molar-refractivity contribution in [3.05, 3.63) is 23.5 Å². The number of rotatable bonds is 10. The zero-order valence-electron chi connectivity index (χ0n) is 14.7. The van der Waals surface area contributed by atoms with Crippen molar-refractivity contribution in [3.63, 3.8) is 0 Å². The lowest BCUT2D eigenvalue weighted by Crippen LogP contribution is -2.29. The summed E-state index contributed by atoms with van der Waals surface area (Å²) in [6, 6.07) is 0. The Bertz CT molecular complexity index is 502. The second-order valence-corrected chi connectivity index (χ2v) is 4.19. The van der Waals surface area contributed by atoms with Crippen molar-refractivity contribution >= 4 is 23.9 Å². The van der Waals surface area contributed by atoms with Crippen LogP contribution in [0.1, 0.15) is 27.7 Å². The van der Waals surface area contributed by atoms with Crippen LogP contribution in [0.25, 0.3) is 0 Å². The van der Waals surface area contributed by atoms with Crippen LogP contribution in [0.3, 0.4) is 0 Å². The molecule has 0 aliphatic heterocycles. The highest BCUT2D eigenvalue weighted by atomic mass is 16.5. The molecular weight excluding hydrogens is 334 g/mol. The highest BCUT2D eigenvalue weighted by molar-refractivity contribution is 6.00. The van der Waals surface area contributed by atoms with Crippen LogP contribution in [-0.2, 0) is 38.1 Å². The number of ether oxygens (including phenoxy) is 4. The van der Waals surface area contributed by atoms with Gasteiger partial charge >= 0.3 is 23.9 Å². The zero-order chi connectivity index (χ0) is 19.2. The average Bonchev–Trinajstić information content (AvgIpc) is 2.54. The summed E-state index contributed by atoms with van der Waals surface area (Å²) in [5.41, 5.74) is -0.771. The van der Waals surface area contributed by atoms with E-state index >= 15 is 0 Å². The molecule has 0 saturated heterocycles. The van der Waals surface area contributed by atoms with Gasteiger partial charge in [-0.25, -0.2) is 19.2 Å². The van der Waals surface area contributed by atoms with Crippen LogP contribution >= 0.6 is 0 Å². The summed E-state index contributed by atoms with van der Waals surface area (Å²) in [4.78, 5) is 47.1. The van der Waals surface area contributed by atoms with Crippen LogP contribution < -0.4 is 5.32 Å². The molecule has 0 aromatic carbocycles. The summed E-state index contributed by atoms with van der Waals surface area (Å²) in [5.74, 6) is -3.46. The second kappa shape index (κ2) is 12.6. The SMILES string of the molecule is CCOC(=O)C=C(NC(=CC(=O)OCC)C(=O)OCC)C(=O)OCC. The summed E-state index contributed by atoms with van der Waals surface area (Å²) in [6.07, 6.45) is 1.64. The van der Waals surface area contributed by atoms with Crippen LogP contribution in [0.5, 0.6) is 0 Å². The van der Waals surface area contributed by atoms with Crippen molar-refractivity contribution in [2.24, 2.45) is 0 Å². The van der Waals surface area contributed by atoms with Gasteiger partial charge in [-0.3, -0.25) is 0 Å². The molecule has 0 atom stereocenters. The van der Waals surface area contributed by atoms with Gasteiger partial charge in [0.15, 0.2) is 0 Å². The number of esters is 4. The standard InChI is InChI=1S/C16H23NO8/c1-5-22-13(18)9-11(15(20)24-7-3)17-12(16(21)25-8-4)10-14(19)23-6-2/h9-10,17H,5-8H2,1-4H3. The first kappa shape index (κ1) is 22.2. The fourth-order valence-corrected chi connectivity index (χ4v) is 1.46. The number of nitrogens with one attached hydrogen (secondary N) is 1. The van der Waals surface area contributed by atoms with E-state index in [9.17, 15) is 19.2 Å². The average molecular weight is 357 g/mol. The molecule has 25 heavy (non-hydrogen) atoms. The number of carbonyl (C=O) groups excluding carboxylic acids is 4. The lowest BCUT2D eigenvalue weighted by molar-refractivity contribution is -0.142. The van der Waals surface area contributed by atoms with Crippen molar-refractivity contribution in [1.29, 1.82) is 0 Å². The summed E-state index contributed by atoms with van der Waals surface area (Å²) >= 11 is 0. The first-order valence-corrected chi connectivity index (χ1v) is 7.77. The van der Waals surface area contributed by atoms with Crippen molar-refractivity contribution in [1.82, 2.24) is 5.32 Å². The third-order valence-electron chi connectivity index (χ3n) is 2.36. The lowest BCUT2D eigenvalue weighted by Gasteiger charge is -2.12. The van der Waals surface area contributed by atoms with Gasteiger partial charge in [-0.15, -0.1) is 0 Å². The van der Waals surface area contributed by atoms with E-state index in [1.54, 1.807) is 27.7 Å². The molecule has 0 rings (SSSR count). The normalized spacial score (nSPS) is 11.4. The van der Waals surface area contributed by atoms with Gasteiger partial charge in [0.25, 0.3) is 0 Å². The summed E-state index contributed by atoms with van der Waals surface area (Å²) in [5, 5.41) is 2.37. The Balaban J connectivity index is 5.63. The predicted molar refractivity (Wildman–Crippen MR) is 85.8 cm³/mol. The molecule has 0 saturated carbocycles. The molecule has 0 heterocycles. The van der Waals surface area contributed by atoms with E-state index in [0.29, 0.717) is 0 Å². The molecule has 0 aromatic heterocycles. The minimum atomic E-state index is -0.908. The fraction of sp³-hybridized carbons (Fsp3) is 0.500. The molecule has 0 aliphatic carbocycles. The van der Waals surface area contributed by atoms with Gasteiger partial charge < -0.3 is 24.3 Å². The maximum atomic E-state index is 12.0. The summed E-state index contributed by atoms with van der Waals surface area (Å²) in [7, 11) is 0. The van der Waals surface area contributed by atoms with Gasteiger partial charge in [0.1, 0.15) is 11.4 Å². The maximum absolute atomic E-state index is 12.0. The number of carbonyl (C=O) groups is 4. The van der Waals surface area contributed by atoms with Gasteiger partial charge in [0.2, 0.25) is 0 Å². The zero-order valence-corrected chi connectivity index (χ0v) is 14.7. The van der Waals surface area contributed by atoms with Crippen molar-refractivity contribution in [3.8, 4) is 0 Å². The van der Waals surface area contributed by atoms with Crippen molar-refractivity contribution < 1.29 is 38.1 Å². The number of hydrogen-bond acceptors (Lipinski definition) is 9. The third-order valence-corrected chi connectivity index (χ3v) is 2.36. The van der Waals surface area contributed by atoms with E-state index in [0.717, 1.165) is 12.2 Å². The highest BCUT2D eigenvalue weighted by Crippen LogP contribution is 2.04. The van der Waals surface area contributed by atoms with Crippen LogP contribution in [0.2, 0.25) is 0 Å². The minimum absolute atomic E-state index is 0.0387. The predicted octanol–water partition coefficient (Wildman–Crippen LogP) is 0.596. The van der Waals surface area contributed by atoms with Gasteiger partial charge in [0.05, 0.1) is 38.6 Å². The van der Waals surface area contributed by atoms with Crippen LogP contribution in [0.15, 0.2) is 23.5 Å². The molecule has 0 unspecified atom stereocenters. The molecule has 0 radical (unpaired) electrons. The monoisotopic (exact) mass is 357 g/mol. The molecule has 0 spiro atoms. The first-order chi connectivity index (χ1) is 11.9.